The van der Waals surface area contributed by atoms with Crippen LogP contribution in [0.15, 0.2) is 12.3 Å². The van der Waals surface area contributed by atoms with Crippen LogP contribution in [0.5, 0.6) is 0 Å². The summed E-state index contributed by atoms with van der Waals surface area (Å²) in [5.74, 6) is 0.484. The first kappa shape index (κ1) is 12.8. The van der Waals surface area contributed by atoms with Gasteiger partial charge in [0.25, 0.3) is 0 Å². The van der Waals surface area contributed by atoms with Crippen LogP contribution >= 0.6 is 12.2 Å². The van der Waals surface area contributed by atoms with Crippen LogP contribution in [0.3, 0.4) is 0 Å². The summed E-state index contributed by atoms with van der Waals surface area (Å²) in [6.07, 6.45) is 1.49. The molecule has 0 radical (unpaired) electrons. The molecule has 88 valence electrons. The normalized spacial score (nSPS) is 10.1. The SMILES string of the molecule is NC(=S)c1ccnnc1N(CCO)CCO. The first-order valence-corrected chi connectivity index (χ1v) is 5.19. The van der Waals surface area contributed by atoms with Crippen LogP contribution in [0.1, 0.15) is 5.56 Å². The molecule has 0 amide bonds. The zero-order valence-electron chi connectivity index (χ0n) is 8.70. The van der Waals surface area contributed by atoms with Crippen LogP contribution in [0.2, 0.25) is 0 Å². The van der Waals surface area contributed by atoms with Crippen LogP contribution in [-0.4, -0.2) is 51.7 Å². The van der Waals surface area contributed by atoms with Gasteiger partial charge in [-0.1, -0.05) is 12.2 Å². The number of aromatic nitrogens is 2. The van der Waals surface area contributed by atoms with Gasteiger partial charge in [-0.3, -0.25) is 0 Å². The Hall–Kier alpha value is -1.31. The monoisotopic (exact) mass is 242 g/mol. The lowest BCUT2D eigenvalue weighted by molar-refractivity contribution is 0.280. The topological polar surface area (TPSA) is 95.5 Å². The summed E-state index contributed by atoms with van der Waals surface area (Å²) >= 11 is 4.90. The zero-order valence-corrected chi connectivity index (χ0v) is 9.52. The van der Waals surface area contributed by atoms with E-state index in [1.165, 1.54) is 6.20 Å². The van der Waals surface area contributed by atoms with E-state index >= 15 is 0 Å². The highest BCUT2D eigenvalue weighted by Gasteiger charge is 2.13. The Labute approximate surface area is 98.7 Å². The minimum atomic E-state index is -0.0483. The predicted molar refractivity (Wildman–Crippen MR) is 64.3 cm³/mol. The number of aliphatic hydroxyl groups is 2. The molecule has 0 saturated carbocycles. The molecule has 0 saturated heterocycles. The van der Waals surface area contributed by atoms with E-state index in [0.29, 0.717) is 24.5 Å². The van der Waals surface area contributed by atoms with Crippen molar-refractivity contribution in [2.45, 2.75) is 0 Å². The zero-order chi connectivity index (χ0) is 12.0. The van der Waals surface area contributed by atoms with Gasteiger partial charge in [0.05, 0.1) is 25.0 Å². The van der Waals surface area contributed by atoms with Crippen molar-refractivity contribution in [2.24, 2.45) is 5.73 Å². The third-order valence-electron chi connectivity index (χ3n) is 2.01. The van der Waals surface area contributed by atoms with Crippen LogP contribution < -0.4 is 10.6 Å². The number of anilines is 1. The smallest absolute Gasteiger partial charge is 0.161 e. The van der Waals surface area contributed by atoms with Gasteiger partial charge in [-0.05, 0) is 6.07 Å². The Kier molecular flexibility index (Phi) is 5.03. The van der Waals surface area contributed by atoms with Crippen molar-refractivity contribution in [1.82, 2.24) is 10.2 Å². The van der Waals surface area contributed by atoms with Gasteiger partial charge in [0, 0.05) is 13.1 Å². The van der Waals surface area contributed by atoms with Crippen molar-refractivity contribution in [2.75, 3.05) is 31.2 Å². The van der Waals surface area contributed by atoms with Crippen LogP contribution in [0.4, 0.5) is 5.82 Å². The summed E-state index contributed by atoms with van der Waals surface area (Å²) < 4.78 is 0. The lowest BCUT2D eigenvalue weighted by Gasteiger charge is -2.22. The Morgan fingerprint density at radius 1 is 1.38 bits per heavy atom. The molecule has 1 rings (SSSR count). The first-order valence-electron chi connectivity index (χ1n) is 4.79. The largest absolute Gasteiger partial charge is 0.395 e. The Morgan fingerprint density at radius 3 is 2.50 bits per heavy atom. The maximum absolute atomic E-state index is 8.92. The number of aliphatic hydroxyl groups excluding tert-OH is 2. The van der Waals surface area contributed by atoms with Gasteiger partial charge < -0.3 is 20.8 Å². The highest BCUT2D eigenvalue weighted by atomic mass is 32.1. The van der Waals surface area contributed by atoms with E-state index in [-0.39, 0.29) is 18.2 Å². The number of nitrogens with zero attached hydrogens (tertiary/aromatic N) is 3. The van der Waals surface area contributed by atoms with Gasteiger partial charge in [-0.15, -0.1) is 5.10 Å². The molecule has 0 unspecified atom stereocenters. The van der Waals surface area contributed by atoms with Crippen molar-refractivity contribution < 1.29 is 10.2 Å². The van der Waals surface area contributed by atoms with Crippen molar-refractivity contribution in [1.29, 1.82) is 0 Å². The van der Waals surface area contributed by atoms with E-state index in [9.17, 15) is 0 Å². The highest BCUT2D eigenvalue weighted by molar-refractivity contribution is 7.80. The van der Waals surface area contributed by atoms with Gasteiger partial charge in [-0.2, -0.15) is 5.10 Å². The lowest BCUT2D eigenvalue weighted by atomic mass is 10.2. The minimum absolute atomic E-state index is 0.0483. The van der Waals surface area contributed by atoms with Crippen molar-refractivity contribution in [3.63, 3.8) is 0 Å². The molecule has 0 aliphatic rings. The van der Waals surface area contributed by atoms with Crippen LogP contribution in [0, 0.1) is 0 Å². The third kappa shape index (κ3) is 3.09. The lowest BCUT2D eigenvalue weighted by Crippen LogP contribution is -2.32. The molecule has 16 heavy (non-hydrogen) atoms. The minimum Gasteiger partial charge on any atom is -0.395 e. The average molecular weight is 242 g/mol. The Bertz CT molecular complexity index is 355. The van der Waals surface area contributed by atoms with Gasteiger partial charge in [0.1, 0.15) is 4.99 Å². The maximum atomic E-state index is 8.92. The second-order valence-electron chi connectivity index (χ2n) is 3.07. The highest BCUT2D eigenvalue weighted by Crippen LogP contribution is 2.15. The van der Waals surface area contributed by atoms with Crippen molar-refractivity contribution in [3.05, 3.63) is 17.8 Å². The standard InChI is InChI=1S/C9H14N4O2S/c10-8(16)7-1-2-11-12-9(7)13(3-5-14)4-6-15/h1-2,14-15H,3-6H2,(H2,10,16). The summed E-state index contributed by atoms with van der Waals surface area (Å²) in [5.41, 5.74) is 6.15. The molecule has 0 fully saturated rings. The van der Waals surface area contributed by atoms with Gasteiger partial charge in [0.2, 0.25) is 0 Å². The number of nitrogens with two attached hydrogens (primary N) is 1. The average Bonchev–Trinajstić information content (AvgIpc) is 2.29. The van der Waals surface area contributed by atoms with Gasteiger partial charge >= 0.3 is 0 Å². The fourth-order valence-corrected chi connectivity index (χ4v) is 1.47. The molecule has 0 aromatic carbocycles. The number of rotatable bonds is 6. The van der Waals surface area contributed by atoms with Crippen LogP contribution in [0.25, 0.3) is 0 Å². The van der Waals surface area contributed by atoms with E-state index in [1.807, 2.05) is 0 Å². The predicted octanol–water partition coefficient (Wildman–Crippen LogP) is -1.10. The van der Waals surface area contributed by atoms with E-state index < -0.39 is 0 Å². The van der Waals surface area contributed by atoms with Gasteiger partial charge in [0.15, 0.2) is 5.82 Å². The molecule has 0 spiro atoms. The maximum Gasteiger partial charge on any atom is 0.161 e. The van der Waals surface area contributed by atoms with E-state index in [2.05, 4.69) is 10.2 Å². The number of thiocarbonyl (C=S) groups is 1. The molecule has 7 heteroatoms. The van der Waals surface area contributed by atoms with E-state index in [4.69, 9.17) is 28.2 Å². The quantitative estimate of drug-likeness (QED) is 0.545. The van der Waals surface area contributed by atoms with Crippen molar-refractivity contribution in [3.8, 4) is 0 Å². The molecule has 0 aliphatic heterocycles. The number of hydrogen-bond acceptors (Lipinski definition) is 6. The van der Waals surface area contributed by atoms with E-state index in [1.54, 1.807) is 11.0 Å². The van der Waals surface area contributed by atoms with Gasteiger partial charge in [-0.25, -0.2) is 0 Å². The second-order valence-corrected chi connectivity index (χ2v) is 3.51. The molecule has 1 aromatic rings. The summed E-state index contributed by atoms with van der Waals surface area (Å²) in [6, 6.07) is 1.66. The summed E-state index contributed by atoms with van der Waals surface area (Å²) in [7, 11) is 0. The molecule has 6 nitrogen and oxygen atoms in total. The first-order chi connectivity index (χ1) is 7.70. The summed E-state index contributed by atoms with van der Waals surface area (Å²) in [4.78, 5) is 1.90. The fraction of sp³-hybridized carbons (Fsp3) is 0.444. The molecular formula is C9H14N4O2S. The third-order valence-corrected chi connectivity index (χ3v) is 2.23. The summed E-state index contributed by atoms with van der Waals surface area (Å²) in [5, 5.41) is 25.5. The Morgan fingerprint density at radius 2 is 2.00 bits per heavy atom. The molecule has 0 aliphatic carbocycles. The van der Waals surface area contributed by atoms with Crippen molar-refractivity contribution >= 4 is 23.0 Å². The fourth-order valence-electron chi connectivity index (χ4n) is 1.32. The molecule has 0 bridgehead atoms. The molecule has 1 heterocycles. The summed E-state index contributed by atoms with van der Waals surface area (Å²) in [6.45, 7) is 0.588. The molecule has 4 N–H and O–H groups in total. The molecule has 0 atom stereocenters. The molecular weight excluding hydrogens is 228 g/mol. The number of hydrogen-bond donors (Lipinski definition) is 3. The molecule has 1 aromatic heterocycles. The Balaban J connectivity index is 3.02. The van der Waals surface area contributed by atoms with Crippen LogP contribution in [-0.2, 0) is 0 Å². The van der Waals surface area contributed by atoms with E-state index in [0.717, 1.165) is 0 Å². The second kappa shape index (κ2) is 6.31.